The van der Waals surface area contributed by atoms with E-state index in [9.17, 15) is 9.59 Å². The van der Waals surface area contributed by atoms with Gasteiger partial charge in [0.15, 0.2) is 6.61 Å². The highest BCUT2D eigenvalue weighted by Crippen LogP contribution is 2.31. The van der Waals surface area contributed by atoms with Gasteiger partial charge < -0.3 is 19.0 Å². The quantitative estimate of drug-likeness (QED) is 0.685. The van der Waals surface area contributed by atoms with Crippen LogP contribution in [0.4, 0.5) is 0 Å². The Labute approximate surface area is 168 Å². The van der Waals surface area contributed by atoms with Gasteiger partial charge in [0.05, 0.1) is 5.39 Å². The molecule has 2 aromatic heterocycles. The molecule has 1 N–H and O–H groups in total. The van der Waals surface area contributed by atoms with Gasteiger partial charge in [-0.15, -0.1) is 0 Å². The van der Waals surface area contributed by atoms with Gasteiger partial charge in [-0.05, 0) is 56.9 Å². The Kier molecular flexibility index (Phi) is 5.13. The lowest BCUT2D eigenvalue weighted by Crippen LogP contribution is -2.41. The zero-order valence-electron chi connectivity index (χ0n) is 16.9. The van der Waals surface area contributed by atoms with Crippen molar-refractivity contribution in [3.8, 4) is 5.75 Å². The van der Waals surface area contributed by atoms with E-state index in [1.54, 1.807) is 13.1 Å². The minimum Gasteiger partial charge on any atom is -0.483 e. The Morgan fingerprint density at radius 1 is 1.31 bits per heavy atom. The molecule has 0 saturated carbocycles. The third-order valence-electron chi connectivity index (χ3n) is 5.69. The lowest BCUT2D eigenvalue weighted by molar-refractivity contribution is -0.134. The fourth-order valence-electron chi connectivity index (χ4n) is 3.96. The fourth-order valence-corrected chi connectivity index (χ4v) is 3.96. The predicted molar refractivity (Wildman–Crippen MR) is 109 cm³/mol. The van der Waals surface area contributed by atoms with Gasteiger partial charge in [-0.3, -0.25) is 4.79 Å². The van der Waals surface area contributed by atoms with E-state index >= 15 is 0 Å². The second kappa shape index (κ2) is 7.73. The summed E-state index contributed by atoms with van der Waals surface area (Å²) in [5.74, 6) is 1.66. The topological polar surface area (TPSA) is 88.4 Å². The number of nitrogens with one attached hydrogen (secondary N) is 1. The van der Waals surface area contributed by atoms with Crippen molar-refractivity contribution in [2.45, 2.75) is 39.5 Å². The number of ether oxygens (including phenoxy) is 1. The van der Waals surface area contributed by atoms with E-state index < -0.39 is 0 Å². The van der Waals surface area contributed by atoms with Gasteiger partial charge in [-0.1, -0.05) is 0 Å². The third kappa shape index (κ3) is 3.77. The summed E-state index contributed by atoms with van der Waals surface area (Å²) in [4.78, 5) is 34.1. The number of fused-ring (bicyclic) bond motifs is 1. The molecular weight excluding hydrogens is 370 g/mol. The molecule has 1 aliphatic rings. The first-order chi connectivity index (χ1) is 13.9. The monoisotopic (exact) mass is 395 g/mol. The standard InChI is InChI=1S/C22H25N3O4/c1-13-9-17(20-14(2)15(3)22(27)29-18(20)10-13)28-12-19(26)25-8-4-5-16(11-25)21-23-6-7-24-21/h6-7,9-10,16H,4-5,8,11-12H2,1-3H3,(H,23,24). The van der Waals surface area contributed by atoms with E-state index in [0.717, 1.165) is 41.7 Å². The van der Waals surface area contributed by atoms with Gasteiger partial charge >= 0.3 is 5.63 Å². The van der Waals surface area contributed by atoms with Crippen LogP contribution in [0, 0.1) is 20.8 Å². The molecule has 1 amide bonds. The van der Waals surface area contributed by atoms with Gasteiger partial charge in [0, 0.05) is 37.0 Å². The van der Waals surface area contributed by atoms with Crippen molar-refractivity contribution in [3.05, 3.63) is 57.5 Å². The summed E-state index contributed by atoms with van der Waals surface area (Å²) in [5, 5.41) is 0.743. The van der Waals surface area contributed by atoms with Gasteiger partial charge in [-0.2, -0.15) is 0 Å². The molecule has 1 atom stereocenters. The molecular formula is C22H25N3O4. The van der Waals surface area contributed by atoms with E-state index in [0.29, 0.717) is 23.4 Å². The van der Waals surface area contributed by atoms with Crippen LogP contribution >= 0.6 is 0 Å². The van der Waals surface area contributed by atoms with Gasteiger partial charge in [0.1, 0.15) is 17.2 Å². The largest absolute Gasteiger partial charge is 0.483 e. The molecule has 7 nitrogen and oxygen atoms in total. The smallest absolute Gasteiger partial charge is 0.339 e. The molecule has 3 heterocycles. The van der Waals surface area contributed by atoms with Crippen molar-refractivity contribution >= 4 is 16.9 Å². The van der Waals surface area contributed by atoms with Gasteiger partial charge in [0.2, 0.25) is 0 Å². The molecule has 152 valence electrons. The van der Waals surface area contributed by atoms with Gasteiger partial charge in [0.25, 0.3) is 5.91 Å². The second-order valence-electron chi connectivity index (χ2n) is 7.72. The first kappa shape index (κ1) is 19.2. The normalized spacial score (nSPS) is 16.9. The van der Waals surface area contributed by atoms with Crippen molar-refractivity contribution in [2.75, 3.05) is 19.7 Å². The maximum Gasteiger partial charge on any atom is 0.339 e. The van der Waals surface area contributed by atoms with Crippen molar-refractivity contribution in [1.82, 2.24) is 14.9 Å². The number of carbonyl (C=O) groups is 1. The minimum atomic E-state index is -0.347. The molecule has 1 unspecified atom stereocenters. The van der Waals surface area contributed by atoms with Crippen LogP contribution in [-0.2, 0) is 4.79 Å². The minimum absolute atomic E-state index is 0.0531. The lowest BCUT2D eigenvalue weighted by atomic mass is 9.97. The van der Waals surface area contributed by atoms with E-state index in [-0.39, 0.29) is 24.1 Å². The van der Waals surface area contributed by atoms with Crippen LogP contribution in [0.15, 0.2) is 33.7 Å². The number of aryl methyl sites for hydroxylation is 2. The average molecular weight is 395 g/mol. The first-order valence-corrected chi connectivity index (χ1v) is 9.88. The molecule has 0 bridgehead atoms. The number of piperidine rings is 1. The molecule has 3 aromatic rings. The summed E-state index contributed by atoms with van der Waals surface area (Å²) in [6, 6.07) is 3.69. The van der Waals surface area contributed by atoms with E-state index in [4.69, 9.17) is 9.15 Å². The number of aromatic nitrogens is 2. The molecule has 29 heavy (non-hydrogen) atoms. The maximum absolute atomic E-state index is 12.8. The predicted octanol–water partition coefficient (Wildman–Crippen LogP) is 3.23. The summed E-state index contributed by atoms with van der Waals surface area (Å²) >= 11 is 0. The zero-order chi connectivity index (χ0) is 20.5. The number of carbonyl (C=O) groups excluding carboxylic acids is 1. The lowest BCUT2D eigenvalue weighted by Gasteiger charge is -2.31. The molecule has 1 fully saturated rings. The van der Waals surface area contributed by atoms with Crippen molar-refractivity contribution in [2.24, 2.45) is 0 Å². The first-order valence-electron chi connectivity index (χ1n) is 9.88. The number of likely N-dealkylation sites (tertiary alicyclic amines) is 1. The fraction of sp³-hybridized carbons (Fsp3) is 0.409. The van der Waals surface area contributed by atoms with E-state index in [1.807, 2.05) is 37.1 Å². The Morgan fingerprint density at radius 2 is 2.14 bits per heavy atom. The number of H-pyrrole nitrogens is 1. The highest BCUT2D eigenvalue weighted by molar-refractivity contribution is 5.88. The molecule has 1 aromatic carbocycles. The summed E-state index contributed by atoms with van der Waals surface area (Å²) in [7, 11) is 0. The van der Waals surface area contributed by atoms with Crippen LogP contribution in [0.5, 0.6) is 5.75 Å². The van der Waals surface area contributed by atoms with E-state index in [2.05, 4.69) is 9.97 Å². The molecule has 1 aliphatic heterocycles. The van der Waals surface area contributed by atoms with Crippen LogP contribution in [0.3, 0.4) is 0 Å². The Morgan fingerprint density at radius 3 is 2.90 bits per heavy atom. The number of benzene rings is 1. The molecule has 0 radical (unpaired) electrons. The number of aromatic amines is 1. The number of hydrogen-bond acceptors (Lipinski definition) is 5. The number of nitrogens with zero attached hydrogens (tertiary/aromatic N) is 2. The van der Waals surface area contributed by atoms with Crippen LogP contribution in [-0.4, -0.2) is 40.5 Å². The number of amides is 1. The molecule has 4 rings (SSSR count). The highest BCUT2D eigenvalue weighted by atomic mass is 16.5. The number of imidazole rings is 1. The Hall–Kier alpha value is -3.09. The molecule has 0 spiro atoms. The number of hydrogen-bond donors (Lipinski definition) is 1. The van der Waals surface area contributed by atoms with Crippen LogP contribution < -0.4 is 10.4 Å². The summed E-state index contributed by atoms with van der Waals surface area (Å²) in [6.07, 6.45) is 5.50. The zero-order valence-corrected chi connectivity index (χ0v) is 16.9. The Balaban J connectivity index is 1.53. The molecule has 1 saturated heterocycles. The van der Waals surface area contributed by atoms with Crippen molar-refractivity contribution in [1.29, 1.82) is 0 Å². The summed E-state index contributed by atoms with van der Waals surface area (Å²) in [5.41, 5.74) is 2.41. The maximum atomic E-state index is 12.8. The highest BCUT2D eigenvalue weighted by Gasteiger charge is 2.26. The summed E-state index contributed by atoms with van der Waals surface area (Å²) < 4.78 is 11.4. The van der Waals surface area contributed by atoms with Gasteiger partial charge in [-0.25, -0.2) is 9.78 Å². The van der Waals surface area contributed by atoms with Crippen LogP contribution in [0.1, 0.15) is 41.3 Å². The van der Waals surface area contributed by atoms with Crippen molar-refractivity contribution in [3.63, 3.8) is 0 Å². The Bertz CT molecular complexity index is 1100. The van der Waals surface area contributed by atoms with Crippen LogP contribution in [0.25, 0.3) is 11.0 Å². The van der Waals surface area contributed by atoms with E-state index in [1.165, 1.54) is 0 Å². The third-order valence-corrected chi connectivity index (χ3v) is 5.69. The van der Waals surface area contributed by atoms with Crippen molar-refractivity contribution < 1.29 is 13.9 Å². The van der Waals surface area contributed by atoms with Crippen LogP contribution in [0.2, 0.25) is 0 Å². The SMILES string of the molecule is Cc1cc(OCC(=O)N2CCCC(c3ncc[nH]3)C2)c2c(C)c(C)c(=O)oc2c1. The molecule has 7 heteroatoms. The number of rotatable bonds is 4. The average Bonchev–Trinajstić information content (AvgIpc) is 3.25. The second-order valence-corrected chi connectivity index (χ2v) is 7.72. The summed E-state index contributed by atoms with van der Waals surface area (Å²) in [6.45, 7) is 6.82. The molecule has 0 aliphatic carbocycles.